The molecule has 0 radical (unpaired) electrons. The van der Waals surface area contributed by atoms with E-state index in [0.717, 1.165) is 0 Å². The van der Waals surface area contributed by atoms with E-state index in [9.17, 15) is 5.11 Å². The second-order valence-electron chi connectivity index (χ2n) is 5.54. The molecule has 106 valence electrons. The number of methoxy groups -OCH3 is 1. The van der Waals surface area contributed by atoms with Crippen molar-refractivity contribution in [3.63, 3.8) is 0 Å². The van der Waals surface area contributed by atoms with E-state index in [4.69, 9.17) is 4.74 Å². The van der Waals surface area contributed by atoms with Gasteiger partial charge in [0.05, 0.1) is 7.11 Å². The Morgan fingerprint density at radius 3 is 2.79 bits per heavy atom. The number of hydrogen-bond acceptors (Lipinski definition) is 3. The fraction of sp³-hybridized carbons (Fsp3) is 0.625. The average Bonchev–Trinajstić information content (AvgIpc) is 2.79. The van der Waals surface area contributed by atoms with Crippen LogP contribution in [0.1, 0.15) is 51.6 Å². The summed E-state index contributed by atoms with van der Waals surface area (Å²) in [5, 5.41) is 9.69. The molecule has 2 rings (SSSR count). The van der Waals surface area contributed by atoms with Crippen LogP contribution in [0.4, 0.5) is 0 Å². The highest BCUT2D eigenvalue weighted by Crippen LogP contribution is 2.37. The van der Waals surface area contributed by atoms with Crippen molar-refractivity contribution in [2.45, 2.75) is 58.2 Å². The van der Waals surface area contributed by atoms with Gasteiger partial charge in [0.15, 0.2) is 11.5 Å². The SMILES string of the molecule is CCC1CCC(C)N1C(C)c1ccc(O)c(OC)c1. The molecular weight excluding hydrogens is 238 g/mol. The van der Waals surface area contributed by atoms with Gasteiger partial charge in [-0.15, -0.1) is 0 Å². The summed E-state index contributed by atoms with van der Waals surface area (Å²) < 4.78 is 5.21. The minimum absolute atomic E-state index is 0.208. The summed E-state index contributed by atoms with van der Waals surface area (Å²) in [5.41, 5.74) is 1.21. The summed E-state index contributed by atoms with van der Waals surface area (Å²) in [5.74, 6) is 0.768. The summed E-state index contributed by atoms with van der Waals surface area (Å²) in [4.78, 5) is 2.60. The molecule has 1 aliphatic rings. The molecule has 1 heterocycles. The van der Waals surface area contributed by atoms with E-state index < -0.39 is 0 Å². The second kappa shape index (κ2) is 5.83. The number of nitrogens with zero attached hydrogens (tertiary/aromatic N) is 1. The highest BCUT2D eigenvalue weighted by atomic mass is 16.5. The quantitative estimate of drug-likeness (QED) is 0.898. The van der Waals surface area contributed by atoms with Crippen LogP contribution in [0.25, 0.3) is 0 Å². The lowest BCUT2D eigenvalue weighted by molar-refractivity contribution is 0.143. The van der Waals surface area contributed by atoms with Crippen LogP contribution in [-0.4, -0.2) is 29.2 Å². The van der Waals surface area contributed by atoms with Gasteiger partial charge >= 0.3 is 0 Å². The van der Waals surface area contributed by atoms with Gasteiger partial charge in [-0.3, -0.25) is 4.90 Å². The Morgan fingerprint density at radius 1 is 1.42 bits per heavy atom. The number of hydrogen-bond donors (Lipinski definition) is 1. The van der Waals surface area contributed by atoms with Crippen LogP contribution >= 0.6 is 0 Å². The molecule has 0 aromatic heterocycles. The predicted molar refractivity (Wildman–Crippen MR) is 77.7 cm³/mol. The molecule has 0 amide bonds. The average molecular weight is 263 g/mol. The number of phenolic OH excluding ortho intramolecular Hbond substituents is 1. The van der Waals surface area contributed by atoms with Crippen molar-refractivity contribution in [3.8, 4) is 11.5 Å². The van der Waals surface area contributed by atoms with E-state index >= 15 is 0 Å². The lowest BCUT2D eigenvalue weighted by Gasteiger charge is -2.34. The van der Waals surface area contributed by atoms with Crippen LogP contribution in [-0.2, 0) is 0 Å². The largest absolute Gasteiger partial charge is 0.504 e. The number of phenols is 1. The molecule has 3 unspecified atom stereocenters. The first-order valence-corrected chi connectivity index (χ1v) is 7.22. The molecule has 1 aromatic rings. The van der Waals surface area contributed by atoms with E-state index in [-0.39, 0.29) is 5.75 Å². The van der Waals surface area contributed by atoms with Gasteiger partial charge in [-0.2, -0.15) is 0 Å². The maximum absolute atomic E-state index is 9.69. The zero-order valence-corrected chi connectivity index (χ0v) is 12.4. The van der Waals surface area contributed by atoms with Crippen LogP contribution in [0, 0.1) is 0 Å². The Bertz CT molecular complexity index is 433. The molecule has 0 bridgehead atoms. The molecule has 3 atom stereocenters. The van der Waals surface area contributed by atoms with Gasteiger partial charge in [0.1, 0.15) is 0 Å². The van der Waals surface area contributed by atoms with Crippen molar-refractivity contribution in [1.82, 2.24) is 4.90 Å². The summed E-state index contributed by atoms with van der Waals surface area (Å²) in [6, 6.07) is 7.34. The predicted octanol–water partition coefficient (Wildman–Crippen LogP) is 3.72. The summed E-state index contributed by atoms with van der Waals surface area (Å²) in [6.07, 6.45) is 3.76. The minimum atomic E-state index is 0.208. The Balaban J connectivity index is 2.25. The Morgan fingerprint density at radius 2 is 2.16 bits per heavy atom. The lowest BCUT2D eigenvalue weighted by Crippen LogP contribution is -2.36. The van der Waals surface area contributed by atoms with Crippen molar-refractivity contribution in [2.24, 2.45) is 0 Å². The summed E-state index contributed by atoms with van der Waals surface area (Å²) in [7, 11) is 1.59. The molecule has 0 saturated carbocycles. The molecule has 1 saturated heterocycles. The molecule has 1 aromatic carbocycles. The number of aromatic hydroxyl groups is 1. The fourth-order valence-electron chi connectivity index (χ4n) is 3.33. The minimum Gasteiger partial charge on any atom is -0.504 e. The van der Waals surface area contributed by atoms with Crippen LogP contribution in [0.15, 0.2) is 18.2 Å². The number of ether oxygens (including phenoxy) is 1. The molecular formula is C16H25NO2. The first kappa shape index (κ1) is 14.2. The van der Waals surface area contributed by atoms with Gasteiger partial charge in [0.2, 0.25) is 0 Å². The smallest absolute Gasteiger partial charge is 0.160 e. The molecule has 1 aliphatic heterocycles. The van der Waals surface area contributed by atoms with Gasteiger partial charge in [0.25, 0.3) is 0 Å². The number of rotatable bonds is 4. The Hall–Kier alpha value is -1.22. The van der Waals surface area contributed by atoms with Crippen LogP contribution in [0.2, 0.25) is 0 Å². The number of benzene rings is 1. The van der Waals surface area contributed by atoms with Crippen molar-refractivity contribution in [2.75, 3.05) is 7.11 Å². The third-order valence-electron chi connectivity index (χ3n) is 4.45. The third kappa shape index (κ3) is 2.71. The van der Waals surface area contributed by atoms with Gasteiger partial charge in [-0.1, -0.05) is 13.0 Å². The van der Waals surface area contributed by atoms with Crippen LogP contribution < -0.4 is 4.74 Å². The summed E-state index contributed by atoms with van der Waals surface area (Å²) in [6.45, 7) is 6.82. The van der Waals surface area contributed by atoms with E-state index in [1.807, 2.05) is 12.1 Å². The van der Waals surface area contributed by atoms with Gasteiger partial charge in [-0.25, -0.2) is 0 Å². The highest BCUT2D eigenvalue weighted by molar-refractivity contribution is 5.42. The van der Waals surface area contributed by atoms with Crippen LogP contribution in [0.5, 0.6) is 11.5 Å². The summed E-state index contributed by atoms with van der Waals surface area (Å²) >= 11 is 0. The van der Waals surface area contributed by atoms with E-state index in [1.54, 1.807) is 13.2 Å². The molecule has 1 fully saturated rings. The van der Waals surface area contributed by atoms with E-state index in [1.165, 1.54) is 24.8 Å². The van der Waals surface area contributed by atoms with E-state index in [2.05, 4.69) is 25.7 Å². The first-order chi connectivity index (χ1) is 9.08. The topological polar surface area (TPSA) is 32.7 Å². The Labute approximate surface area is 116 Å². The van der Waals surface area contributed by atoms with Crippen molar-refractivity contribution >= 4 is 0 Å². The normalized spacial score (nSPS) is 25.5. The molecule has 3 heteroatoms. The maximum Gasteiger partial charge on any atom is 0.160 e. The fourth-order valence-corrected chi connectivity index (χ4v) is 3.33. The molecule has 3 nitrogen and oxygen atoms in total. The first-order valence-electron chi connectivity index (χ1n) is 7.22. The molecule has 19 heavy (non-hydrogen) atoms. The second-order valence-corrected chi connectivity index (χ2v) is 5.54. The van der Waals surface area contributed by atoms with E-state index in [0.29, 0.717) is 23.9 Å². The van der Waals surface area contributed by atoms with Crippen molar-refractivity contribution in [1.29, 1.82) is 0 Å². The highest BCUT2D eigenvalue weighted by Gasteiger charge is 2.33. The zero-order valence-electron chi connectivity index (χ0n) is 12.4. The monoisotopic (exact) mass is 263 g/mol. The molecule has 0 spiro atoms. The van der Waals surface area contributed by atoms with Crippen molar-refractivity contribution in [3.05, 3.63) is 23.8 Å². The zero-order chi connectivity index (χ0) is 14.0. The van der Waals surface area contributed by atoms with Crippen LogP contribution in [0.3, 0.4) is 0 Å². The molecule has 0 aliphatic carbocycles. The van der Waals surface area contributed by atoms with Gasteiger partial charge in [0, 0.05) is 18.1 Å². The van der Waals surface area contributed by atoms with Crippen molar-refractivity contribution < 1.29 is 9.84 Å². The van der Waals surface area contributed by atoms with Gasteiger partial charge < -0.3 is 9.84 Å². The third-order valence-corrected chi connectivity index (χ3v) is 4.45. The number of likely N-dealkylation sites (tertiary alicyclic amines) is 1. The maximum atomic E-state index is 9.69. The Kier molecular flexibility index (Phi) is 4.35. The molecule has 1 N–H and O–H groups in total. The lowest BCUT2D eigenvalue weighted by atomic mass is 10.0. The van der Waals surface area contributed by atoms with Gasteiger partial charge in [-0.05, 0) is 50.8 Å². The standard InChI is InChI=1S/C16H25NO2/c1-5-14-8-6-11(2)17(14)12(3)13-7-9-15(18)16(10-13)19-4/h7,9-12,14,18H,5-6,8H2,1-4H3.